The van der Waals surface area contributed by atoms with Gasteiger partial charge in [0.15, 0.2) is 17.9 Å². The standard InChI is InChI=1S/C19H22NO.ClHO4/c1-4-21-18-16-13-9-5-6-10-14(13)17(19(18,2)3)20-12-8-7-11-15(16)20;2-1(3,4)5/h5-12,16-18H,4H2,1-3H3;(H,2,3,4,5)/q+1;/p-1. The summed E-state index contributed by atoms with van der Waals surface area (Å²) < 4.78 is 42.7. The van der Waals surface area contributed by atoms with Gasteiger partial charge in [0, 0.05) is 24.3 Å². The third-order valence-electron chi connectivity index (χ3n) is 5.23. The largest absolute Gasteiger partial charge is 0.376 e. The molecule has 3 heterocycles. The molecular weight excluding hydrogens is 358 g/mol. The van der Waals surface area contributed by atoms with E-state index in [1.165, 1.54) is 16.8 Å². The van der Waals surface area contributed by atoms with Crippen molar-refractivity contribution in [1.82, 2.24) is 0 Å². The van der Waals surface area contributed by atoms with Crippen LogP contribution in [-0.2, 0) is 4.74 Å². The average Bonchev–Trinajstić information content (AvgIpc) is 2.55. The molecule has 1 aliphatic carbocycles. The van der Waals surface area contributed by atoms with Crippen LogP contribution in [0.5, 0.6) is 0 Å². The van der Waals surface area contributed by atoms with Gasteiger partial charge in [0.25, 0.3) is 0 Å². The lowest BCUT2D eigenvalue weighted by Gasteiger charge is -2.50. The van der Waals surface area contributed by atoms with Gasteiger partial charge < -0.3 is 4.74 Å². The van der Waals surface area contributed by atoms with Crippen LogP contribution in [0.4, 0.5) is 0 Å². The highest BCUT2D eigenvalue weighted by atomic mass is 35.7. The molecule has 1 aromatic carbocycles. The number of benzene rings is 1. The average molecular weight is 380 g/mol. The molecular formula is C19H22ClNO5. The highest BCUT2D eigenvalue weighted by Crippen LogP contribution is 2.55. The van der Waals surface area contributed by atoms with Crippen molar-refractivity contribution < 1.29 is 38.2 Å². The van der Waals surface area contributed by atoms with Crippen LogP contribution in [0.25, 0.3) is 0 Å². The van der Waals surface area contributed by atoms with Crippen LogP contribution in [0.15, 0.2) is 48.7 Å². The lowest BCUT2D eigenvalue weighted by Crippen LogP contribution is -2.68. The summed E-state index contributed by atoms with van der Waals surface area (Å²) in [6.45, 7) is 7.57. The van der Waals surface area contributed by atoms with Gasteiger partial charge >= 0.3 is 0 Å². The van der Waals surface area contributed by atoms with Crippen molar-refractivity contribution in [2.24, 2.45) is 5.41 Å². The Morgan fingerprint density at radius 3 is 2.19 bits per heavy atom. The second-order valence-electron chi connectivity index (χ2n) is 7.12. The molecule has 7 heteroatoms. The van der Waals surface area contributed by atoms with Crippen LogP contribution in [0.3, 0.4) is 0 Å². The smallest absolute Gasteiger partial charge is 0.192 e. The maximum atomic E-state index is 8.49. The lowest BCUT2D eigenvalue weighted by atomic mass is 9.59. The van der Waals surface area contributed by atoms with E-state index in [9.17, 15) is 0 Å². The van der Waals surface area contributed by atoms with E-state index in [0.29, 0.717) is 12.0 Å². The Labute approximate surface area is 155 Å². The molecule has 0 amide bonds. The third kappa shape index (κ3) is 3.36. The van der Waals surface area contributed by atoms with Gasteiger partial charge in [0.2, 0.25) is 0 Å². The molecule has 5 rings (SSSR count). The number of nitrogens with zero attached hydrogens (tertiary/aromatic N) is 1. The van der Waals surface area contributed by atoms with Crippen molar-refractivity contribution in [1.29, 1.82) is 0 Å². The monoisotopic (exact) mass is 379 g/mol. The molecule has 0 spiro atoms. The molecule has 0 fully saturated rings. The van der Waals surface area contributed by atoms with Crippen LogP contribution >= 0.6 is 0 Å². The van der Waals surface area contributed by atoms with Gasteiger partial charge in [-0.15, -0.1) is 10.2 Å². The first kappa shape index (κ1) is 19.2. The second kappa shape index (κ2) is 6.88. The molecule has 3 unspecified atom stereocenters. The van der Waals surface area contributed by atoms with E-state index in [4.69, 9.17) is 23.4 Å². The molecule has 2 aliphatic heterocycles. The molecule has 26 heavy (non-hydrogen) atoms. The second-order valence-corrected chi connectivity index (χ2v) is 7.87. The van der Waals surface area contributed by atoms with Gasteiger partial charge in [-0.25, -0.2) is 18.6 Å². The highest BCUT2D eigenvalue weighted by Gasteiger charge is 2.60. The van der Waals surface area contributed by atoms with Crippen LogP contribution in [-0.4, -0.2) is 12.7 Å². The van der Waals surface area contributed by atoms with Crippen molar-refractivity contribution in [2.75, 3.05) is 6.61 Å². The predicted octanol–water partition coefficient (Wildman–Crippen LogP) is -1.30. The summed E-state index contributed by atoms with van der Waals surface area (Å²) in [4.78, 5) is 0. The topological polar surface area (TPSA) is 105 Å². The molecule has 1 aromatic heterocycles. The number of hydrogen-bond acceptors (Lipinski definition) is 5. The molecule has 3 atom stereocenters. The minimum atomic E-state index is -4.94. The third-order valence-corrected chi connectivity index (χ3v) is 5.23. The Balaban J connectivity index is 0.000000349. The van der Waals surface area contributed by atoms with Crippen molar-refractivity contribution >= 4 is 0 Å². The van der Waals surface area contributed by atoms with Crippen LogP contribution in [0.2, 0.25) is 0 Å². The maximum Gasteiger partial charge on any atom is 0.192 e. The van der Waals surface area contributed by atoms with Gasteiger partial charge in [-0.2, -0.15) is 4.57 Å². The summed E-state index contributed by atoms with van der Waals surface area (Å²) in [5, 5.41) is 0. The van der Waals surface area contributed by atoms with Crippen molar-refractivity contribution in [2.45, 2.75) is 38.8 Å². The van der Waals surface area contributed by atoms with E-state index >= 15 is 0 Å². The van der Waals surface area contributed by atoms with Crippen LogP contribution in [0, 0.1) is 15.7 Å². The minimum Gasteiger partial charge on any atom is -0.376 e. The summed E-state index contributed by atoms with van der Waals surface area (Å²) in [5.41, 5.74) is 4.39. The molecule has 0 N–H and O–H groups in total. The quantitative estimate of drug-likeness (QED) is 0.603. The number of ether oxygens (including phenoxy) is 1. The fourth-order valence-corrected chi connectivity index (χ4v) is 4.47. The lowest BCUT2D eigenvalue weighted by molar-refractivity contribution is -2.00. The maximum absolute atomic E-state index is 8.49. The Morgan fingerprint density at radius 1 is 1.00 bits per heavy atom. The van der Waals surface area contributed by atoms with Gasteiger partial charge in [-0.3, -0.25) is 0 Å². The fourth-order valence-electron chi connectivity index (χ4n) is 4.47. The molecule has 0 saturated carbocycles. The predicted molar refractivity (Wildman–Crippen MR) is 82.3 cm³/mol. The first-order valence-corrected chi connectivity index (χ1v) is 9.72. The number of fused-ring (bicyclic) bond motifs is 1. The fraction of sp³-hybridized carbons (Fsp3) is 0.421. The summed E-state index contributed by atoms with van der Waals surface area (Å²) in [6.07, 6.45) is 2.47. The minimum absolute atomic E-state index is 0.0913. The van der Waals surface area contributed by atoms with E-state index in [0.717, 1.165) is 6.61 Å². The molecule has 2 bridgehead atoms. The molecule has 0 saturated heterocycles. The van der Waals surface area contributed by atoms with E-state index in [1.807, 2.05) is 0 Å². The Bertz CT molecular complexity index is 736. The normalized spacial score (nSPS) is 25.0. The molecule has 2 aromatic rings. The summed E-state index contributed by atoms with van der Waals surface area (Å²) >= 11 is 0. The molecule has 0 radical (unpaired) electrons. The Kier molecular flexibility index (Phi) is 5.09. The zero-order valence-electron chi connectivity index (χ0n) is 14.9. The first-order chi connectivity index (χ1) is 12.2. The van der Waals surface area contributed by atoms with Crippen LogP contribution < -0.4 is 23.2 Å². The zero-order valence-corrected chi connectivity index (χ0v) is 15.7. The van der Waals surface area contributed by atoms with E-state index in [2.05, 4.69) is 74.0 Å². The number of rotatable bonds is 2. The highest BCUT2D eigenvalue weighted by molar-refractivity contribution is 5.44. The number of hydrogen-bond donors (Lipinski definition) is 0. The van der Waals surface area contributed by atoms with Gasteiger partial charge in [-0.1, -0.05) is 44.2 Å². The van der Waals surface area contributed by atoms with E-state index in [-0.39, 0.29) is 11.5 Å². The SMILES string of the molecule is CCOC1C2c3ccccc3C([n+]3ccccc32)C1(C)C.[O-][Cl+3]([O-])([O-])[O-]. The Morgan fingerprint density at radius 2 is 1.58 bits per heavy atom. The van der Waals surface area contributed by atoms with Gasteiger partial charge in [0.05, 0.1) is 17.4 Å². The first-order valence-electron chi connectivity index (χ1n) is 8.48. The summed E-state index contributed by atoms with van der Waals surface area (Å²) in [7, 11) is -4.94. The number of halogens is 1. The summed E-state index contributed by atoms with van der Waals surface area (Å²) in [5.74, 6) is 0.336. The summed E-state index contributed by atoms with van der Waals surface area (Å²) in [6, 6.07) is 15.8. The van der Waals surface area contributed by atoms with Gasteiger partial charge in [-0.05, 0) is 12.5 Å². The van der Waals surface area contributed by atoms with E-state index in [1.54, 1.807) is 0 Å². The molecule has 6 nitrogen and oxygen atoms in total. The number of aromatic nitrogens is 1. The Hall–Kier alpha value is -1.54. The molecule has 140 valence electrons. The number of pyridine rings is 1. The van der Waals surface area contributed by atoms with E-state index < -0.39 is 10.2 Å². The van der Waals surface area contributed by atoms with Crippen molar-refractivity contribution in [3.8, 4) is 0 Å². The van der Waals surface area contributed by atoms with Crippen molar-refractivity contribution in [3.63, 3.8) is 0 Å². The van der Waals surface area contributed by atoms with Gasteiger partial charge in [0.1, 0.15) is 0 Å². The van der Waals surface area contributed by atoms with Crippen molar-refractivity contribution in [3.05, 3.63) is 65.5 Å². The molecule has 3 aliphatic rings. The zero-order chi connectivity index (χ0) is 19.1. The van der Waals surface area contributed by atoms with Crippen LogP contribution in [0.1, 0.15) is 49.6 Å².